The number of alkyl halides is 3. The number of nitrogens with zero attached hydrogens (tertiary/aromatic N) is 2. The lowest BCUT2D eigenvalue weighted by Gasteiger charge is -2.11. The fourth-order valence-electron chi connectivity index (χ4n) is 1.36. The lowest BCUT2D eigenvalue weighted by molar-refractivity contribution is 0.970. The molecular weight excluding hydrogens is 254 g/mol. The molecule has 0 bridgehead atoms. The molecule has 0 radical (unpaired) electrons. The molecule has 78 valence electrons. The number of hydrogen-bond acceptors (Lipinski definition) is 2. The summed E-state index contributed by atoms with van der Waals surface area (Å²) in [7, 11) is 0. The molecule has 0 atom stereocenters. The van der Waals surface area contributed by atoms with Crippen molar-refractivity contribution in [1.82, 2.24) is 9.97 Å². The number of hydrogen-bond donors (Lipinski definition) is 0. The van der Waals surface area contributed by atoms with E-state index in [-0.39, 0.29) is 5.82 Å². The van der Waals surface area contributed by atoms with E-state index in [0.717, 1.165) is 16.6 Å². The SMILES string of the molecule is Cc1nc(C(Cl)(Cl)Cl)nc2ccccc12. The zero-order valence-electron chi connectivity index (χ0n) is 7.84. The molecule has 0 saturated heterocycles. The summed E-state index contributed by atoms with van der Waals surface area (Å²) < 4.78 is -1.57. The molecule has 2 rings (SSSR count). The van der Waals surface area contributed by atoms with E-state index in [1.54, 1.807) is 0 Å². The van der Waals surface area contributed by atoms with Crippen LogP contribution in [-0.4, -0.2) is 9.97 Å². The molecule has 0 aliphatic rings. The van der Waals surface area contributed by atoms with Crippen LogP contribution >= 0.6 is 34.8 Å². The minimum Gasteiger partial charge on any atom is -0.233 e. The smallest absolute Gasteiger partial charge is 0.233 e. The molecule has 0 saturated carbocycles. The van der Waals surface area contributed by atoms with Crippen LogP contribution in [0.3, 0.4) is 0 Å². The maximum absolute atomic E-state index is 5.74. The number of aromatic nitrogens is 2. The highest BCUT2D eigenvalue weighted by Crippen LogP contribution is 2.36. The number of halogens is 3. The summed E-state index contributed by atoms with van der Waals surface area (Å²) in [5, 5.41) is 0.968. The zero-order chi connectivity index (χ0) is 11.1. The predicted molar refractivity (Wildman–Crippen MR) is 63.5 cm³/mol. The summed E-state index contributed by atoms with van der Waals surface area (Å²) >= 11 is 17.2. The lowest BCUT2D eigenvalue weighted by Crippen LogP contribution is -2.08. The van der Waals surface area contributed by atoms with Crippen LogP contribution in [0.1, 0.15) is 11.5 Å². The van der Waals surface area contributed by atoms with E-state index < -0.39 is 3.79 Å². The van der Waals surface area contributed by atoms with Crippen LogP contribution in [0.4, 0.5) is 0 Å². The van der Waals surface area contributed by atoms with Gasteiger partial charge in [0.15, 0.2) is 5.82 Å². The molecule has 0 amide bonds. The molecule has 0 fully saturated rings. The van der Waals surface area contributed by atoms with E-state index in [2.05, 4.69) is 9.97 Å². The minimum absolute atomic E-state index is 0.212. The van der Waals surface area contributed by atoms with Crippen molar-refractivity contribution in [2.75, 3.05) is 0 Å². The van der Waals surface area contributed by atoms with Gasteiger partial charge in [-0.25, -0.2) is 9.97 Å². The Morgan fingerprint density at radius 3 is 2.40 bits per heavy atom. The van der Waals surface area contributed by atoms with Gasteiger partial charge in [0, 0.05) is 11.1 Å². The monoisotopic (exact) mass is 260 g/mol. The van der Waals surface area contributed by atoms with E-state index in [0.29, 0.717) is 0 Å². The van der Waals surface area contributed by atoms with Crippen LogP contribution in [-0.2, 0) is 3.79 Å². The van der Waals surface area contributed by atoms with Gasteiger partial charge in [-0.1, -0.05) is 53.0 Å². The third-order valence-corrected chi connectivity index (χ3v) is 2.55. The second kappa shape index (κ2) is 3.78. The molecule has 0 aliphatic carbocycles. The maximum atomic E-state index is 5.74. The molecule has 15 heavy (non-hydrogen) atoms. The maximum Gasteiger partial charge on any atom is 0.250 e. The van der Waals surface area contributed by atoms with Crippen LogP contribution < -0.4 is 0 Å². The van der Waals surface area contributed by atoms with Crippen LogP contribution in [0.25, 0.3) is 10.9 Å². The highest BCUT2D eigenvalue weighted by molar-refractivity contribution is 6.66. The molecule has 1 heterocycles. The quantitative estimate of drug-likeness (QED) is 0.675. The molecule has 0 unspecified atom stereocenters. The van der Waals surface area contributed by atoms with Gasteiger partial charge in [-0.15, -0.1) is 0 Å². The van der Waals surface area contributed by atoms with E-state index in [9.17, 15) is 0 Å². The Hall–Kier alpha value is -0.570. The molecule has 1 aromatic carbocycles. The normalized spacial score (nSPS) is 12.0. The molecule has 0 spiro atoms. The molecule has 0 N–H and O–H groups in total. The van der Waals surface area contributed by atoms with Gasteiger partial charge in [0.2, 0.25) is 3.79 Å². The van der Waals surface area contributed by atoms with Gasteiger partial charge >= 0.3 is 0 Å². The summed E-state index contributed by atoms with van der Waals surface area (Å²) in [6.07, 6.45) is 0. The first-order valence-electron chi connectivity index (χ1n) is 4.29. The van der Waals surface area contributed by atoms with Crippen molar-refractivity contribution in [3.63, 3.8) is 0 Å². The number of para-hydroxylation sites is 1. The van der Waals surface area contributed by atoms with Crippen LogP contribution in [0.15, 0.2) is 24.3 Å². The third-order valence-electron chi connectivity index (χ3n) is 2.05. The lowest BCUT2D eigenvalue weighted by atomic mass is 10.2. The molecule has 2 aromatic rings. The fourth-order valence-corrected chi connectivity index (χ4v) is 1.62. The van der Waals surface area contributed by atoms with E-state index in [1.165, 1.54) is 0 Å². The van der Waals surface area contributed by atoms with Gasteiger partial charge in [0.25, 0.3) is 0 Å². The summed E-state index contributed by atoms with van der Waals surface area (Å²) in [5.41, 5.74) is 1.59. The average Bonchev–Trinajstić information content (AvgIpc) is 2.16. The standard InChI is InChI=1S/C10H7Cl3N2/c1-6-7-4-2-3-5-8(7)15-9(14-6)10(11,12)13/h2-5H,1H3. The van der Waals surface area contributed by atoms with Crippen molar-refractivity contribution in [2.24, 2.45) is 0 Å². The fraction of sp³-hybridized carbons (Fsp3) is 0.200. The van der Waals surface area contributed by atoms with Crippen molar-refractivity contribution in [1.29, 1.82) is 0 Å². The topological polar surface area (TPSA) is 25.8 Å². The highest BCUT2D eigenvalue weighted by Gasteiger charge is 2.27. The Balaban J connectivity index is 2.73. The number of aryl methyl sites for hydroxylation is 1. The van der Waals surface area contributed by atoms with Crippen LogP contribution in [0, 0.1) is 6.92 Å². The second-order valence-corrected chi connectivity index (χ2v) is 5.43. The van der Waals surface area contributed by atoms with Crippen LogP contribution in [0.5, 0.6) is 0 Å². The molecule has 1 aromatic heterocycles. The highest BCUT2D eigenvalue weighted by atomic mass is 35.6. The minimum atomic E-state index is -1.57. The van der Waals surface area contributed by atoms with Gasteiger partial charge in [0.1, 0.15) is 0 Å². The van der Waals surface area contributed by atoms with Crippen molar-refractivity contribution in [2.45, 2.75) is 10.7 Å². The zero-order valence-corrected chi connectivity index (χ0v) is 10.1. The Kier molecular flexibility index (Phi) is 2.75. The first-order chi connectivity index (χ1) is 6.98. The third kappa shape index (κ3) is 2.17. The molecular formula is C10H7Cl3N2. The summed E-state index contributed by atoms with van der Waals surface area (Å²) in [6.45, 7) is 1.86. The predicted octanol–water partition coefficient (Wildman–Crippen LogP) is 3.76. The number of rotatable bonds is 0. The van der Waals surface area contributed by atoms with E-state index in [4.69, 9.17) is 34.8 Å². The van der Waals surface area contributed by atoms with Crippen molar-refractivity contribution in [3.05, 3.63) is 35.8 Å². The average molecular weight is 262 g/mol. The van der Waals surface area contributed by atoms with Crippen LogP contribution in [0.2, 0.25) is 0 Å². The van der Waals surface area contributed by atoms with Gasteiger partial charge in [-0.3, -0.25) is 0 Å². The summed E-state index contributed by atoms with van der Waals surface area (Å²) in [5.74, 6) is 0.212. The summed E-state index contributed by atoms with van der Waals surface area (Å²) in [4.78, 5) is 8.37. The van der Waals surface area contributed by atoms with Gasteiger partial charge in [-0.2, -0.15) is 0 Å². The number of benzene rings is 1. The Bertz CT molecular complexity index is 505. The van der Waals surface area contributed by atoms with E-state index in [1.807, 2.05) is 31.2 Å². The van der Waals surface area contributed by atoms with Gasteiger partial charge in [-0.05, 0) is 13.0 Å². The second-order valence-electron chi connectivity index (χ2n) is 3.15. The summed E-state index contributed by atoms with van der Waals surface area (Å²) in [6, 6.07) is 7.61. The Labute approximate surface area is 102 Å². The van der Waals surface area contributed by atoms with E-state index >= 15 is 0 Å². The molecule has 0 aliphatic heterocycles. The van der Waals surface area contributed by atoms with Crippen molar-refractivity contribution in [3.8, 4) is 0 Å². The van der Waals surface area contributed by atoms with Gasteiger partial charge < -0.3 is 0 Å². The molecule has 2 nitrogen and oxygen atoms in total. The first kappa shape index (κ1) is 10.9. The van der Waals surface area contributed by atoms with Crippen molar-refractivity contribution < 1.29 is 0 Å². The Morgan fingerprint density at radius 1 is 1.07 bits per heavy atom. The largest absolute Gasteiger partial charge is 0.250 e. The number of fused-ring (bicyclic) bond motifs is 1. The Morgan fingerprint density at radius 2 is 1.73 bits per heavy atom. The molecule has 5 heteroatoms. The van der Waals surface area contributed by atoms with Gasteiger partial charge in [0.05, 0.1) is 5.52 Å². The van der Waals surface area contributed by atoms with Crippen molar-refractivity contribution >= 4 is 45.7 Å². The first-order valence-corrected chi connectivity index (χ1v) is 5.42.